The summed E-state index contributed by atoms with van der Waals surface area (Å²) in [6, 6.07) is 17.2. The third-order valence-corrected chi connectivity index (χ3v) is 2.87. The van der Waals surface area contributed by atoms with Crippen molar-refractivity contribution in [1.29, 1.82) is 0 Å². The zero-order chi connectivity index (χ0) is 13.7. The molecule has 0 aliphatic heterocycles. The fraction of sp³-hybridized carbons (Fsp3) is 0.250. The Bertz CT molecular complexity index is 494. The van der Waals surface area contributed by atoms with Crippen LogP contribution >= 0.6 is 0 Å². The molecule has 2 unspecified atom stereocenters. The van der Waals surface area contributed by atoms with E-state index in [0.717, 1.165) is 17.2 Å². The monoisotopic (exact) mass is 257 g/mol. The quantitative estimate of drug-likeness (QED) is 0.890. The molecule has 0 heterocycles. The van der Waals surface area contributed by atoms with E-state index in [1.807, 2.05) is 68.4 Å². The van der Waals surface area contributed by atoms with E-state index in [4.69, 9.17) is 15.2 Å². The molecule has 19 heavy (non-hydrogen) atoms. The molecule has 3 nitrogen and oxygen atoms in total. The molecule has 0 radical (unpaired) electrons. The molecule has 100 valence electrons. The van der Waals surface area contributed by atoms with E-state index in [-0.39, 0.29) is 12.1 Å². The molecular formula is C16H19NO2. The maximum Gasteiger partial charge on any atom is 0.127 e. The molecule has 2 atom stereocenters. The molecule has 3 heteroatoms. The Kier molecular flexibility index (Phi) is 4.42. The van der Waals surface area contributed by atoms with Crippen LogP contribution in [0.15, 0.2) is 54.6 Å². The number of ether oxygens (including phenoxy) is 2. The third kappa shape index (κ3) is 4.00. The van der Waals surface area contributed by atoms with E-state index in [1.165, 1.54) is 0 Å². The number of hydrogen-bond donors (Lipinski definition) is 1. The Labute approximate surface area is 114 Å². The minimum Gasteiger partial charge on any atom is -0.489 e. The number of benzene rings is 2. The fourth-order valence-corrected chi connectivity index (χ4v) is 1.53. The Hall–Kier alpha value is -2.00. The molecule has 2 aromatic carbocycles. The van der Waals surface area contributed by atoms with Gasteiger partial charge in [-0.05, 0) is 50.2 Å². The van der Waals surface area contributed by atoms with Crippen LogP contribution in [-0.4, -0.2) is 12.1 Å². The van der Waals surface area contributed by atoms with Gasteiger partial charge in [0.1, 0.15) is 23.4 Å². The summed E-state index contributed by atoms with van der Waals surface area (Å²) in [6.45, 7) is 3.89. The summed E-state index contributed by atoms with van der Waals surface area (Å²) in [4.78, 5) is 0. The van der Waals surface area contributed by atoms with E-state index in [1.54, 1.807) is 0 Å². The molecule has 0 bridgehead atoms. The average molecular weight is 257 g/mol. The van der Waals surface area contributed by atoms with Crippen molar-refractivity contribution in [2.75, 3.05) is 0 Å². The van der Waals surface area contributed by atoms with Gasteiger partial charge in [0, 0.05) is 6.04 Å². The van der Waals surface area contributed by atoms with E-state index in [2.05, 4.69) is 0 Å². The number of nitrogens with two attached hydrogens (primary N) is 1. The fourth-order valence-electron chi connectivity index (χ4n) is 1.53. The Morgan fingerprint density at radius 1 is 0.789 bits per heavy atom. The predicted octanol–water partition coefficient (Wildman–Crippen LogP) is 3.59. The van der Waals surface area contributed by atoms with Crippen LogP contribution in [0.1, 0.15) is 13.8 Å². The SMILES string of the molecule is CC(N)C(C)Oc1ccc(Oc2ccccc2)cc1. The molecule has 0 aromatic heterocycles. The molecule has 0 spiro atoms. The molecule has 0 aliphatic rings. The molecular weight excluding hydrogens is 238 g/mol. The number of hydrogen-bond acceptors (Lipinski definition) is 3. The van der Waals surface area contributed by atoms with Gasteiger partial charge in [0.15, 0.2) is 0 Å². The maximum absolute atomic E-state index is 5.77. The molecule has 2 rings (SSSR count). The highest BCUT2D eigenvalue weighted by atomic mass is 16.5. The molecule has 0 aliphatic carbocycles. The van der Waals surface area contributed by atoms with Crippen molar-refractivity contribution in [3.63, 3.8) is 0 Å². The van der Waals surface area contributed by atoms with Crippen molar-refractivity contribution >= 4 is 0 Å². The second-order valence-corrected chi connectivity index (χ2v) is 4.57. The summed E-state index contributed by atoms with van der Waals surface area (Å²) in [5.41, 5.74) is 5.77. The molecule has 2 N–H and O–H groups in total. The van der Waals surface area contributed by atoms with Crippen LogP contribution in [0.5, 0.6) is 17.2 Å². The second-order valence-electron chi connectivity index (χ2n) is 4.57. The predicted molar refractivity (Wildman–Crippen MR) is 76.7 cm³/mol. The van der Waals surface area contributed by atoms with Gasteiger partial charge in [-0.15, -0.1) is 0 Å². The van der Waals surface area contributed by atoms with Gasteiger partial charge in [-0.1, -0.05) is 18.2 Å². The van der Waals surface area contributed by atoms with Crippen molar-refractivity contribution < 1.29 is 9.47 Å². The van der Waals surface area contributed by atoms with Crippen molar-refractivity contribution in [1.82, 2.24) is 0 Å². The average Bonchev–Trinajstić information content (AvgIpc) is 2.42. The molecule has 2 aromatic rings. The van der Waals surface area contributed by atoms with Gasteiger partial charge >= 0.3 is 0 Å². The smallest absolute Gasteiger partial charge is 0.127 e. The lowest BCUT2D eigenvalue weighted by Gasteiger charge is -2.18. The van der Waals surface area contributed by atoms with Gasteiger partial charge in [0.25, 0.3) is 0 Å². The topological polar surface area (TPSA) is 44.5 Å². The zero-order valence-corrected chi connectivity index (χ0v) is 11.2. The lowest BCUT2D eigenvalue weighted by molar-refractivity contribution is 0.196. The Morgan fingerprint density at radius 3 is 1.89 bits per heavy atom. The standard InChI is InChI=1S/C16H19NO2/c1-12(17)13(2)18-15-8-10-16(11-9-15)19-14-6-4-3-5-7-14/h3-13H,17H2,1-2H3. The van der Waals surface area contributed by atoms with Crippen LogP contribution in [0.4, 0.5) is 0 Å². The summed E-state index contributed by atoms with van der Waals surface area (Å²) >= 11 is 0. The minimum absolute atomic E-state index is 0.000227. The van der Waals surface area contributed by atoms with Crippen LogP contribution < -0.4 is 15.2 Å². The van der Waals surface area contributed by atoms with Crippen molar-refractivity contribution in [3.05, 3.63) is 54.6 Å². The summed E-state index contributed by atoms with van der Waals surface area (Å²) < 4.78 is 11.4. The van der Waals surface area contributed by atoms with Crippen LogP contribution in [0.3, 0.4) is 0 Å². The van der Waals surface area contributed by atoms with Crippen LogP contribution in [-0.2, 0) is 0 Å². The third-order valence-electron chi connectivity index (χ3n) is 2.87. The van der Waals surface area contributed by atoms with Crippen LogP contribution in [0, 0.1) is 0 Å². The van der Waals surface area contributed by atoms with Gasteiger partial charge < -0.3 is 15.2 Å². The van der Waals surface area contributed by atoms with Crippen molar-refractivity contribution in [3.8, 4) is 17.2 Å². The number of rotatable bonds is 5. The maximum atomic E-state index is 5.77. The first-order valence-electron chi connectivity index (χ1n) is 6.40. The number of para-hydroxylation sites is 1. The van der Waals surface area contributed by atoms with Gasteiger partial charge in [0.2, 0.25) is 0 Å². The highest BCUT2D eigenvalue weighted by Crippen LogP contribution is 2.24. The highest BCUT2D eigenvalue weighted by molar-refractivity contribution is 5.35. The van der Waals surface area contributed by atoms with Crippen molar-refractivity contribution in [2.24, 2.45) is 5.73 Å². The normalized spacial score (nSPS) is 13.6. The zero-order valence-electron chi connectivity index (χ0n) is 11.2. The van der Waals surface area contributed by atoms with Gasteiger partial charge in [0.05, 0.1) is 0 Å². The molecule has 0 saturated heterocycles. The van der Waals surface area contributed by atoms with E-state index in [0.29, 0.717) is 0 Å². The molecule has 0 saturated carbocycles. The first kappa shape index (κ1) is 13.4. The Balaban J connectivity index is 1.99. The Morgan fingerprint density at radius 2 is 1.32 bits per heavy atom. The summed E-state index contributed by atoms with van der Waals surface area (Å²) in [7, 11) is 0. The van der Waals surface area contributed by atoms with Gasteiger partial charge in [-0.25, -0.2) is 0 Å². The van der Waals surface area contributed by atoms with Gasteiger partial charge in [-0.2, -0.15) is 0 Å². The van der Waals surface area contributed by atoms with E-state index < -0.39 is 0 Å². The summed E-state index contributed by atoms with van der Waals surface area (Å²) in [6.07, 6.45) is -0.0131. The first-order valence-corrected chi connectivity index (χ1v) is 6.40. The minimum atomic E-state index is -0.0131. The molecule has 0 fully saturated rings. The van der Waals surface area contributed by atoms with E-state index >= 15 is 0 Å². The van der Waals surface area contributed by atoms with Crippen LogP contribution in [0.25, 0.3) is 0 Å². The summed E-state index contributed by atoms with van der Waals surface area (Å²) in [5.74, 6) is 2.40. The highest BCUT2D eigenvalue weighted by Gasteiger charge is 2.08. The van der Waals surface area contributed by atoms with Crippen molar-refractivity contribution in [2.45, 2.75) is 26.0 Å². The molecule has 0 amide bonds. The lowest BCUT2D eigenvalue weighted by atomic mass is 10.2. The second kappa shape index (κ2) is 6.25. The lowest BCUT2D eigenvalue weighted by Crippen LogP contribution is -2.33. The van der Waals surface area contributed by atoms with Gasteiger partial charge in [-0.3, -0.25) is 0 Å². The first-order chi connectivity index (χ1) is 9.15. The summed E-state index contributed by atoms with van der Waals surface area (Å²) in [5, 5.41) is 0. The largest absolute Gasteiger partial charge is 0.489 e. The van der Waals surface area contributed by atoms with Crippen LogP contribution in [0.2, 0.25) is 0 Å². The van der Waals surface area contributed by atoms with E-state index in [9.17, 15) is 0 Å².